The molecule has 1 N–H and O–H groups in total. The lowest BCUT2D eigenvalue weighted by Crippen LogP contribution is -2.48. The highest BCUT2D eigenvalue weighted by Crippen LogP contribution is 2.26. The van der Waals surface area contributed by atoms with E-state index in [0.717, 1.165) is 36.7 Å². The molecule has 1 saturated heterocycles. The zero-order valence-corrected chi connectivity index (χ0v) is 19.6. The first-order valence-electron chi connectivity index (χ1n) is 10.9. The molecule has 172 valence electrons. The fourth-order valence-electron chi connectivity index (χ4n) is 3.59. The van der Waals surface area contributed by atoms with E-state index in [-0.39, 0.29) is 11.8 Å². The first kappa shape index (κ1) is 23.6. The molecule has 0 saturated carbocycles. The fourth-order valence-corrected chi connectivity index (χ4v) is 3.59. The molecule has 7 heteroatoms. The van der Waals surface area contributed by atoms with E-state index in [1.165, 1.54) is 0 Å². The molecular weight excluding hydrogens is 406 g/mol. The van der Waals surface area contributed by atoms with Gasteiger partial charge in [-0.1, -0.05) is 26.8 Å². The minimum absolute atomic E-state index is 0.0181. The van der Waals surface area contributed by atoms with Crippen molar-refractivity contribution in [1.29, 1.82) is 0 Å². The van der Waals surface area contributed by atoms with Crippen molar-refractivity contribution in [3.05, 3.63) is 53.6 Å². The van der Waals surface area contributed by atoms with Gasteiger partial charge >= 0.3 is 0 Å². The Hall–Kier alpha value is -3.06. The van der Waals surface area contributed by atoms with E-state index in [9.17, 15) is 9.59 Å². The van der Waals surface area contributed by atoms with Crippen molar-refractivity contribution in [2.24, 2.45) is 5.41 Å². The van der Waals surface area contributed by atoms with Crippen molar-refractivity contribution >= 4 is 17.5 Å². The lowest BCUT2D eigenvalue weighted by Gasteiger charge is -2.35. The Labute approximate surface area is 190 Å². The number of rotatable bonds is 6. The molecule has 2 aromatic carbocycles. The molecule has 1 heterocycles. The van der Waals surface area contributed by atoms with Gasteiger partial charge in [0.05, 0.1) is 14.2 Å². The van der Waals surface area contributed by atoms with E-state index in [1.54, 1.807) is 38.5 Å². The van der Waals surface area contributed by atoms with Crippen molar-refractivity contribution < 1.29 is 19.1 Å². The third kappa shape index (κ3) is 5.79. The number of hydrogen-bond donors (Lipinski definition) is 1. The van der Waals surface area contributed by atoms with Gasteiger partial charge in [-0.2, -0.15) is 0 Å². The molecule has 0 radical (unpaired) electrons. The summed E-state index contributed by atoms with van der Waals surface area (Å²) in [5, 5.41) is 2.89. The van der Waals surface area contributed by atoms with Crippen LogP contribution in [0, 0.1) is 5.41 Å². The van der Waals surface area contributed by atoms with Crippen LogP contribution in [0.15, 0.2) is 42.5 Å². The summed E-state index contributed by atoms with van der Waals surface area (Å²) < 4.78 is 10.8. The molecule has 1 fully saturated rings. The fraction of sp³-hybridized carbons (Fsp3) is 0.440. The largest absolute Gasteiger partial charge is 0.497 e. The van der Waals surface area contributed by atoms with E-state index in [0.29, 0.717) is 24.3 Å². The Bertz CT molecular complexity index is 960. The Morgan fingerprint density at radius 1 is 0.969 bits per heavy atom. The zero-order chi connectivity index (χ0) is 23.3. The molecule has 3 rings (SSSR count). The summed E-state index contributed by atoms with van der Waals surface area (Å²) in [7, 11) is 3.32. The lowest BCUT2D eigenvalue weighted by molar-refractivity contribution is -0.123. The third-order valence-corrected chi connectivity index (χ3v) is 5.59. The first-order valence-corrected chi connectivity index (χ1v) is 10.9. The SMILES string of the molecule is COc1ccc(OC)c(CN2CCN(C(=O)c3cccc(NC(=O)C(C)(C)C)c3)CC2)c1. The number of nitrogens with zero attached hydrogens (tertiary/aromatic N) is 2. The zero-order valence-electron chi connectivity index (χ0n) is 19.6. The maximum atomic E-state index is 13.0. The van der Waals surface area contributed by atoms with Crippen LogP contribution >= 0.6 is 0 Å². The van der Waals surface area contributed by atoms with Crippen LogP contribution in [0.4, 0.5) is 5.69 Å². The van der Waals surface area contributed by atoms with Gasteiger partial charge < -0.3 is 19.7 Å². The summed E-state index contributed by atoms with van der Waals surface area (Å²) in [6, 6.07) is 12.9. The van der Waals surface area contributed by atoms with Crippen LogP contribution in [-0.4, -0.2) is 62.0 Å². The summed E-state index contributed by atoms with van der Waals surface area (Å²) in [6.07, 6.45) is 0. The molecule has 1 aliphatic rings. The molecule has 0 aromatic heterocycles. The topological polar surface area (TPSA) is 71.1 Å². The van der Waals surface area contributed by atoms with Crippen LogP contribution in [0.3, 0.4) is 0 Å². The third-order valence-electron chi connectivity index (χ3n) is 5.59. The Balaban J connectivity index is 1.60. The van der Waals surface area contributed by atoms with Crippen LogP contribution in [0.2, 0.25) is 0 Å². The van der Waals surface area contributed by atoms with Crippen molar-refractivity contribution in [3.8, 4) is 11.5 Å². The highest BCUT2D eigenvalue weighted by molar-refractivity contribution is 5.98. The normalized spacial score (nSPS) is 14.7. The second kappa shape index (κ2) is 10.0. The van der Waals surface area contributed by atoms with E-state index in [4.69, 9.17) is 9.47 Å². The summed E-state index contributed by atoms with van der Waals surface area (Å²) in [4.78, 5) is 29.5. The minimum Gasteiger partial charge on any atom is -0.497 e. The molecule has 0 unspecified atom stereocenters. The number of piperazine rings is 1. The first-order chi connectivity index (χ1) is 15.2. The van der Waals surface area contributed by atoms with Crippen LogP contribution in [-0.2, 0) is 11.3 Å². The minimum atomic E-state index is -0.498. The van der Waals surface area contributed by atoms with Crippen LogP contribution in [0.25, 0.3) is 0 Å². The maximum absolute atomic E-state index is 13.0. The number of amides is 2. The van der Waals surface area contributed by atoms with Crippen LogP contribution in [0.5, 0.6) is 11.5 Å². The van der Waals surface area contributed by atoms with Crippen molar-refractivity contribution in [2.75, 3.05) is 45.7 Å². The van der Waals surface area contributed by atoms with Gasteiger partial charge in [-0.25, -0.2) is 0 Å². The molecular formula is C25H33N3O4. The van der Waals surface area contributed by atoms with Gasteiger partial charge in [-0.05, 0) is 36.4 Å². The highest BCUT2D eigenvalue weighted by atomic mass is 16.5. The average molecular weight is 440 g/mol. The van der Waals surface area contributed by atoms with E-state index in [1.807, 2.05) is 43.9 Å². The lowest BCUT2D eigenvalue weighted by atomic mass is 9.95. The molecule has 0 spiro atoms. The number of hydrogen-bond acceptors (Lipinski definition) is 5. The van der Waals surface area contributed by atoms with Gasteiger partial charge in [0.2, 0.25) is 5.91 Å². The standard InChI is InChI=1S/C25H33N3O4/c1-25(2,3)24(30)26-20-8-6-7-18(15-20)23(29)28-13-11-27(12-14-28)17-19-16-21(31-4)9-10-22(19)32-5/h6-10,15-16H,11-14,17H2,1-5H3,(H,26,30). The summed E-state index contributed by atoms with van der Waals surface area (Å²) in [5.74, 6) is 1.53. The number of anilines is 1. The summed E-state index contributed by atoms with van der Waals surface area (Å²) in [6.45, 7) is 9.14. The number of carbonyl (C=O) groups excluding carboxylic acids is 2. The predicted octanol–water partition coefficient (Wildman–Crippen LogP) is 3.65. The van der Waals surface area contributed by atoms with Crippen molar-refractivity contribution in [2.45, 2.75) is 27.3 Å². The van der Waals surface area contributed by atoms with Crippen LogP contribution < -0.4 is 14.8 Å². The smallest absolute Gasteiger partial charge is 0.254 e. The van der Waals surface area contributed by atoms with Gasteiger partial charge in [0, 0.05) is 55.0 Å². The Morgan fingerprint density at radius 3 is 2.31 bits per heavy atom. The maximum Gasteiger partial charge on any atom is 0.254 e. The number of carbonyl (C=O) groups is 2. The predicted molar refractivity (Wildman–Crippen MR) is 125 cm³/mol. The van der Waals surface area contributed by atoms with Gasteiger partial charge in [0.15, 0.2) is 0 Å². The number of nitrogens with one attached hydrogen (secondary N) is 1. The number of methoxy groups -OCH3 is 2. The van der Waals surface area contributed by atoms with Crippen LogP contribution in [0.1, 0.15) is 36.7 Å². The van der Waals surface area contributed by atoms with E-state index in [2.05, 4.69) is 10.2 Å². The van der Waals surface area contributed by atoms with Gasteiger partial charge in [0.25, 0.3) is 5.91 Å². The second-order valence-corrected chi connectivity index (χ2v) is 9.03. The Kier molecular flexibility index (Phi) is 7.40. The molecule has 0 aliphatic carbocycles. The average Bonchev–Trinajstić information content (AvgIpc) is 2.78. The van der Waals surface area contributed by atoms with Gasteiger partial charge in [-0.3, -0.25) is 14.5 Å². The van der Waals surface area contributed by atoms with E-state index >= 15 is 0 Å². The molecule has 0 atom stereocenters. The summed E-state index contributed by atoms with van der Waals surface area (Å²) in [5.41, 5.74) is 1.79. The van der Waals surface area contributed by atoms with Gasteiger partial charge in [0.1, 0.15) is 11.5 Å². The number of benzene rings is 2. The summed E-state index contributed by atoms with van der Waals surface area (Å²) >= 11 is 0. The van der Waals surface area contributed by atoms with Gasteiger partial charge in [-0.15, -0.1) is 0 Å². The molecule has 1 aliphatic heterocycles. The van der Waals surface area contributed by atoms with Crippen molar-refractivity contribution in [3.63, 3.8) is 0 Å². The number of ether oxygens (including phenoxy) is 2. The second-order valence-electron chi connectivity index (χ2n) is 9.03. The quantitative estimate of drug-likeness (QED) is 0.744. The van der Waals surface area contributed by atoms with Crippen molar-refractivity contribution in [1.82, 2.24) is 9.80 Å². The van der Waals surface area contributed by atoms with E-state index < -0.39 is 5.41 Å². The monoisotopic (exact) mass is 439 g/mol. The molecule has 2 aromatic rings. The molecule has 7 nitrogen and oxygen atoms in total. The molecule has 0 bridgehead atoms. The molecule has 2 amide bonds. The Morgan fingerprint density at radius 2 is 1.69 bits per heavy atom. The molecule has 32 heavy (non-hydrogen) atoms. The highest BCUT2D eigenvalue weighted by Gasteiger charge is 2.24.